The highest BCUT2D eigenvalue weighted by molar-refractivity contribution is 6.31. The molecule has 2 atom stereocenters. The highest BCUT2D eigenvalue weighted by Gasteiger charge is 2.25. The van der Waals surface area contributed by atoms with Gasteiger partial charge in [0.2, 0.25) is 5.91 Å². The molecule has 0 aromatic heterocycles. The van der Waals surface area contributed by atoms with Gasteiger partial charge >= 0.3 is 0 Å². The number of hydrazine groups is 1. The van der Waals surface area contributed by atoms with Gasteiger partial charge in [-0.3, -0.25) is 15.1 Å². The van der Waals surface area contributed by atoms with Gasteiger partial charge in [-0.2, -0.15) is 0 Å². The SMILES string of the molecule is CC(=O)N(NCc1cccc(F)c1Cl)[C@H]1CNC(C)CN1. The van der Waals surface area contributed by atoms with E-state index in [4.69, 9.17) is 11.6 Å². The molecule has 116 valence electrons. The number of rotatable bonds is 4. The van der Waals surface area contributed by atoms with E-state index in [-0.39, 0.29) is 23.6 Å². The molecule has 5 nitrogen and oxygen atoms in total. The van der Waals surface area contributed by atoms with Crippen LogP contribution in [0.4, 0.5) is 4.39 Å². The molecule has 1 saturated heterocycles. The maximum Gasteiger partial charge on any atom is 0.235 e. The summed E-state index contributed by atoms with van der Waals surface area (Å²) in [5.74, 6) is -0.576. The van der Waals surface area contributed by atoms with E-state index in [1.165, 1.54) is 18.0 Å². The number of hydrogen-bond donors (Lipinski definition) is 3. The lowest BCUT2D eigenvalue weighted by Gasteiger charge is -2.37. The molecule has 7 heteroatoms. The second-order valence-electron chi connectivity index (χ2n) is 5.17. The zero-order valence-electron chi connectivity index (χ0n) is 12.1. The molecule has 1 aliphatic rings. The molecule has 3 N–H and O–H groups in total. The normalized spacial score (nSPS) is 22.1. The van der Waals surface area contributed by atoms with Crippen molar-refractivity contribution in [2.24, 2.45) is 0 Å². The van der Waals surface area contributed by atoms with Crippen LogP contribution in [0.15, 0.2) is 18.2 Å². The Kier molecular flexibility index (Phi) is 5.52. The fraction of sp³-hybridized carbons (Fsp3) is 0.500. The number of benzene rings is 1. The summed E-state index contributed by atoms with van der Waals surface area (Å²) in [5.41, 5.74) is 3.63. The van der Waals surface area contributed by atoms with Crippen molar-refractivity contribution in [1.82, 2.24) is 21.1 Å². The first-order chi connectivity index (χ1) is 9.99. The Morgan fingerprint density at radius 1 is 1.48 bits per heavy atom. The number of hydrogen-bond acceptors (Lipinski definition) is 4. The second kappa shape index (κ2) is 7.17. The van der Waals surface area contributed by atoms with Crippen LogP contribution in [0.3, 0.4) is 0 Å². The minimum atomic E-state index is -0.461. The van der Waals surface area contributed by atoms with Crippen LogP contribution < -0.4 is 16.1 Å². The predicted molar refractivity (Wildman–Crippen MR) is 80.0 cm³/mol. The first-order valence-electron chi connectivity index (χ1n) is 6.92. The van der Waals surface area contributed by atoms with Crippen molar-refractivity contribution < 1.29 is 9.18 Å². The van der Waals surface area contributed by atoms with Gasteiger partial charge in [0.1, 0.15) is 12.0 Å². The van der Waals surface area contributed by atoms with E-state index < -0.39 is 5.82 Å². The monoisotopic (exact) mass is 314 g/mol. The molecule has 0 saturated carbocycles. The van der Waals surface area contributed by atoms with Gasteiger partial charge in [0.05, 0.1) is 5.02 Å². The number of carbonyl (C=O) groups excluding carboxylic acids is 1. The molecule has 0 bridgehead atoms. The maximum atomic E-state index is 13.4. The van der Waals surface area contributed by atoms with Crippen molar-refractivity contribution in [3.05, 3.63) is 34.6 Å². The van der Waals surface area contributed by atoms with Gasteiger partial charge < -0.3 is 5.32 Å². The zero-order valence-corrected chi connectivity index (χ0v) is 12.9. The van der Waals surface area contributed by atoms with Crippen molar-refractivity contribution in [2.45, 2.75) is 32.6 Å². The largest absolute Gasteiger partial charge is 0.310 e. The molecule has 1 fully saturated rings. The quantitative estimate of drug-likeness (QED) is 0.732. The molecule has 0 radical (unpaired) electrons. The fourth-order valence-electron chi connectivity index (χ4n) is 2.25. The number of halogens is 2. The molecule has 0 spiro atoms. The van der Waals surface area contributed by atoms with E-state index in [2.05, 4.69) is 23.0 Å². The lowest BCUT2D eigenvalue weighted by Crippen LogP contribution is -2.64. The van der Waals surface area contributed by atoms with Gasteiger partial charge in [0.25, 0.3) is 0 Å². The Hall–Kier alpha value is -1.21. The lowest BCUT2D eigenvalue weighted by atomic mass is 10.2. The minimum absolute atomic E-state index is 0.0804. The Labute approximate surface area is 128 Å². The molecular weight excluding hydrogens is 295 g/mol. The van der Waals surface area contributed by atoms with Crippen LogP contribution in [0, 0.1) is 5.82 Å². The van der Waals surface area contributed by atoms with Gasteiger partial charge in [0, 0.05) is 32.6 Å². The highest BCUT2D eigenvalue weighted by atomic mass is 35.5. The van der Waals surface area contributed by atoms with Crippen LogP contribution >= 0.6 is 11.6 Å². The molecular formula is C14H20ClFN4O. The van der Waals surface area contributed by atoms with Gasteiger partial charge in [-0.25, -0.2) is 9.82 Å². The third-order valence-corrected chi connectivity index (χ3v) is 3.86. The summed E-state index contributed by atoms with van der Waals surface area (Å²) in [6, 6.07) is 5.00. The summed E-state index contributed by atoms with van der Waals surface area (Å²) in [5, 5.41) is 8.18. The zero-order chi connectivity index (χ0) is 15.4. The Morgan fingerprint density at radius 2 is 2.24 bits per heavy atom. The van der Waals surface area contributed by atoms with E-state index >= 15 is 0 Å². The van der Waals surface area contributed by atoms with Crippen LogP contribution in [0.25, 0.3) is 0 Å². The summed E-state index contributed by atoms with van der Waals surface area (Å²) in [4.78, 5) is 11.8. The lowest BCUT2D eigenvalue weighted by molar-refractivity contribution is -0.136. The van der Waals surface area contributed by atoms with E-state index in [0.29, 0.717) is 18.2 Å². The van der Waals surface area contributed by atoms with Crippen LogP contribution in [0.1, 0.15) is 19.4 Å². The molecule has 2 rings (SSSR count). The van der Waals surface area contributed by atoms with Crippen molar-refractivity contribution in [1.29, 1.82) is 0 Å². The summed E-state index contributed by atoms with van der Waals surface area (Å²) in [7, 11) is 0. The van der Waals surface area contributed by atoms with E-state index in [1.54, 1.807) is 12.1 Å². The number of nitrogens with one attached hydrogen (secondary N) is 3. The topological polar surface area (TPSA) is 56.4 Å². The summed E-state index contributed by atoms with van der Waals surface area (Å²) in [6.07, 6.45) is -0.147. The van der Waals surface area contributed by atoms with E-state index in [9.17, 15) is 9.18 Å². The summed E-state index contributed by atoms with van der Waals surface area (Å²) >= 11 is 5.91. The van der Waals surface area contributed by atoms with Crippen molar-refractivity contribution in [2.75, 3.05) is 13.1 Å². The van der Waals surface area contributed by atoms with E-state index in [0.717, 1.165) is 6.54 Å². The molecule has 1 unspecified atom stereocenters. The Morgan fingerprint density at radius 3 is 2.86 bits per heavy atom. The summed E-state index contributed by atoms with van der Waals surface area (Å²) < 4.78 is 13.4. The van der Waals surface area contributed by atoms with Gasteiger partial charge in [-0.15, -0.1) is 0 Å². The van der Waals surface area contributed by atoms with E-state index in [1.807, 2.05) is 0 Å². The number of piperazine rings is 1. The van der Waals surface area contributed by atoms with Crippen LogP contribution in [-0.2, 0) is 11.3 Å². The van der Waals surface area contributed by atoms with Crippen LogP contribution in [0.2, 0.25) is 5.02 Å². The fourth-order valence-corrected chi connectivity index (χ4v) is 2.44. The minimum Gasteiger partial charge on any atom is -0.310 e. The predicted octanol–water partition coefficient (Wildman–Crippen LogP) is 1.24. The first kappa shape index (κ1) is 16.2. The standard InChI is InChI=1S/C14H20ClFN4O/c1-9-6-18-13(8-17-9)20(10(2)21)19-7-11-4-3-5-12(16)14(11)15/h3-5,9,13,17-19H,6-8H2,1-2H3/t9?,13-/m0/s1. The Balaban J connectivity index is 2.00. The maximum absolute atomic E-state index is 13.4. The van der Waals surface area contributed by atoms with Crippen molar-refractivity contribution in [3.63, 3.8) is 0 Å². The average molecular weight is 315 g/mol. The number of nitrogens with zero attached hydrogens (tertiary/aromatic N) is 1. The van der Waals surface area contributed by atoms with Crippen LogP contribution in [-0.4, -0.2) is 36.2 Å². The van der Waals surface area contributed by atoms with Gasteiger partial charge in [0.15, 0.2) is 0 Å². The molecule has 1 heterocycles. The molecule has 1 aromatic carbocycles. The van der Waals surface area contributed by atoms with Crippen LogP contribution in [0.5, 0.6) is 0 Å². The molecule has 0 aliphatic carbocycles. The van der Waals surface area contributed by atoms with Gasteiger partial charge in [-0.05, 0) is 18.6 Å². The van der Waals surface area contributed by atoms with Crippen molar-refractivity contribution in [3.8, 4) is 0 Å². The third kappa shape index (κ3) is 4.14. The molecule has 1 aromatic rings. The Bertz CT molecular complexity index is 506. The highest BCUT2D eigenvalue weighted by Crippen LogP contribution is 2.19. The van der Waals surface area contributed by atoms with Gasteiger partial charge in [-0.1, -0.05) is 23.7 Å². The summed E-state index contributed by atoms with van der Waals surface area (Å²) in [6.45, 7) is 5.26. The first-order valence-corrected chi connectivity index (χ1v) is 7.29. The third-order valence-electron chi connectivity index (χ3n) is 3.44. The second-order valence-corrected chi connectivity index (χ2v) is 5.55. The van der Waals surface area contributed by atoms with Crippen molar-refractivity contribution >= 4 is 17.5 Å². The smallest absolute Gasteiger partial charge is 0.235 e. The number of carbonyl (C=O) groups is 1. The molecule has 1 amide bonds. The average Bonchev–Trinajstić information content (AvgIpc) is 2.45. The number of amides is 1. The molecule has 21 heavy (non-hydrogen) atoms. The molecule has 1 aliphatic heterocycles.